The van der Waals surface area contributed by atoms with Gasteiger partial charge in [0.05, 0.1) is 0 Å². The molecule has 0 radical (unpaired) electrons. The van der Waals surface area contributed by atoms with Gasteiger partial charge in [-0.15, -0.1) is 0 Å². The average molecular weight is 233 g/mol. The molecule has 3 heterocycles. The van der Waals surface area contributed by atoms with Crippen molar-refractivity contribution in [2.45, 2.75) is 6.54 Å². The summed E-state index contributed by atoms with van der Waals surface area (Å²) >= 11 is 0. The fourth-order valence-electron chi connectivity index (χ4n) is 1.87. The largest absolute Gasteiger partial charge is 0.363 e. The molecule has 0 fully saturated rings. The van der Waals surface area contributed by atoms with Gasteiger partial charge in [0.2, 0.25) is 11.9 Å². The van der Waals surface area contributed by atoms with Crippen LogP contribution in [0, 0.1) is 0 Å². The number of hydrogen-bond acceptors (Lipinski definition) is 5. The number of aromatic nitrogens is 3. The monoisotopic (exact) mass is 233 g/mol. The first-order chi connectivity index (χ1) is 8.33. The summed E-state index contributed by atoms with van der Waals surface area (Å²) in [5.74, 6) is 1.13. The molecular formula is C10H11N5O2. The highest BCUT2D eigenvalue weighted by Gasteiger charge is 2.21. The molecule has 88 valence electrons. The Morgan fingerprint density at radius 2 is 2.47 bits per heavy atom. The summed E-state index contributed by atoms with van der Waals surface area (Å²) in [5.41, 5.74) is 0. The molecule has 1 aliphatic rings. The fraction of sp³-hybridized carbons (Fsp3) is 0.300. The van der Waals surface area contributed by atoms with E-state index in [1.807, 2.05) is 15.7 Å². The van der Waals surface area contributed by atoms with Crippen molar-refractivity contribution in [3.8, 4) is 0 Å². The zero-order valence-electron chi connectivity index (χ0n) is 9.04. The molecule has 1 amide bonds. The van der Waals surface area contributed by atoms with Crippen LogP contribution in [0.25, 0.3) is 0 Å². The minimum atomic E-state index is -0.129. The van der Waals surface area contributed by atoms with Crippen LogP contribution in [-0.4, -0.2) is 33.7 Å². The highest BCUT2D eigenvalue weighted by molar-refractivity contribution is 5.93. The van der Waals surface area contributed by atoms with Crippen LogP contribution >= 0.6 is 0 Å². The molecule has 0 atom stereocenters. The van der Waals surface area contributed by atoms with Crippen LogP contribution in [0.4, 0.5) is 11.8 Å². The van der Waals surface area contributed by atoms with Crippen LogP contribution in [0.3, 0.4) is 0 Å². The van der Waals surface area contributed by atoms with Crippen molar-refractivity contribution in [1.82, 2.24) is 14.7 Å². The first-order valence-electron chi connectivity index (χ1n) is 5.29. The molecule has 1 N–H and O–H groups in total. The van der Waals surface area contributed by atoms with Crippen molar-refractivity contribution in [2.75, 3.05) is 23.3 Å². The third kappa shape index (κ3) is 1.86. The lowest BCUT2D eigenvalue weighted by molar-refractivity contribution is -0.115. The van der Waals surface area contributed by atoms with E-state index in [1.165, 1.54) is 6.26 Å². The van der Waals surface area contributed by atoms with Gasteiger partial charge < -0.3 is 19.3 Å². The highest BCUT2D eigenvalue weighted by Crippen LogP contribution is 2.17. The number of fused-ring (bicyclic) bond motifs is 1. The molecule has 0 unspecified atom stereocenters. The Hall–Kier alpha value is -2.31. The Bertz CT molecular complexity index is 519. The van der Waals surface area contributed by atoms with Crippen molar-refractivity contribution in [2.24, 2.45) is 0 Å². The predicted octanol–water partition coefficient (Wildman–Crippen LogP) is 0.330. The first-order valence-corrected chi connectivity index (χ1v) is 5.29. The number of nitrogens with zero attached hydrogens (tertiary/aromatic N) is 4. The highest BCUT2D eigenvalue weighted by atomic mass is 16.5. The number of nitrogens with one attached hydrogen (secondary N) is 1. The molecule has 7 nitrogen and oxygen atoms in total. The van der Waals surface area contributed by atoms with Crippen LogP contribution < -0.4 is 10.2 Å². The van der Waals surface area contributed by atoms with Crippen LogP contribution in [0.15, 0.2) is 29.2 Å². The molecule has 0 bridgehead atoms. The van der Waals surface area contributed by atoms with Crippen molar-refractivity contribution in [1.29, 1.82) is 0 Å². The van der Waals surface area contributed by atoms with E-state index in [9.17, 15) is 4.79 Å². The lowest BCUT2D eigenvalue weighted by Gasteiger charge is -2.14. The summed E-state index contributed by atoms with van der Waals surface area (Å²) in [6.45, 7) is 1.94. The number of amides is 1. The van der Waals surface area contributed by atoms with Crippen LogP contribution in [0.1, 0.15) is 0 Å². The van der Waals surface area contributed by atoms with E-state index in [0.717, 1.165) is 19.0 Å². The number of carbonyl (C=O) groups is 1. The molecule has 2 aromatic heterocycles. The summed E-state index contributed by atoms with van der Waals surface area (Å²) in [6.07, 6.45) is 5.06. The fourth-order valence-corrected chi connectivity index (χ4v) is 1.87. The third-order valence-corrected chi connectivity index (χ3v) is 2.63. The zero-order chi connectivity index (χ0) is 11.7. The number of imidazole rings is 1. The van der Waals surface area contributed by atoms with E-state index in [4.69, 9.17) is 0 Å². The lowest BCUT2D eigenvalue weighted by atomic mass is 10.5. The first kappa shape index (κ1) is 9.88. The van der Waals surface area contributed by atoms with Gasteiger partial charge in [-0.05, 0) is 0 Å². The quantitative estimate of drug-likeness (QED) is 0.826. The summed E-state index contributed by atoms with van der Waals surface area (Å²) in [6, 6.07) is 1.60. The summed E-state index contributed by atoms with van der Waals surface area (Å²) < 4.78 is 6.65. The van der Waals surface area contributed by atoms with Crippen molar-refractivity contribution in [3.05, 3.63) is 24.7 Å². The summed E-state index contributed by atoms with van der Waals surface area (Å²) in [4.78, 5) is 17.9. The van der Waals surface area contributed by atoms with Gasteiger partial charge in [-0.3, -0.25) is 4.79 Å². The lowest BCUT2D eigenvalue weighted by Crippen LogP contribution is -2.32. The molecule has 17 heavy (non-hydrogen) atoms. The van der Waals surface area contributed by atoms with Gasteiger partial charge in [-0.1, -0.05) is 5.16 Å². The summed E-state index contributed by atoms with van der Waals surface area (Å²) in [7, 11) is 0. The minimum absolute atomic E-state index is 0.129. The van der Waals surface area contributed by atoms with Crippen LogP contribution in [0.5, 0.6) is 0 Å². The molecule has 0 saturated carbocycles. The maximum absolute atomic E-state index is 11.7. The molecule has 0 spiro atoms. The molecule has 7 heteroatoms. The van der Waals surface area contributed by atoms with E-state index in [2.05, 4.69) is 20.0 Å². The van der Waals surface area contributed by atoms with Crippen LogP contribution in [-0.2, 0) is 11.3 Å². The molecule has 2 aromatic rings. The van der Waals surface area contributed by atoms with Gasteiger partial charge in [0.25, 0.3) is 0 Å². The Morgan fingerprint density at radius 3 is 3.29 bits per heavy atom. The SMILES string of the molecule is O=C(CN1CCn2ccnc21)Nc1ccon1. The Labute approximate surface area is 97.0 Å². The van der Waals surface area contributed by atoms with Gasteiger partial charge >= 0.3 is 0 Å². The minimum Gasteiger partial charge on any atom is -0.363 e. The smallest absolute Gasteiger partial charge is 0.245 e. The molecule has 3 rings (SSSR count). The Morgan fingerprint density at radius 1 is 1.53 bits per heavy atom. The van der Waals surface area contributed by atoms with E-state index in [0.29, 0.717) is 5.82 Å². The van der Waals surface area contributed by atoms with Crippen LogP contribution in [0.2, 0.25) is 0 Å². The molecule has 0 aromatic carbocycles. The van der Waals surface area contributed by atoms with E-state index >= 15 is 0 Å². The number of anilines is 2. The average Bonchev–Trinajstić information content (AvgIpc) is 2.97. The standard InChI is InChI=1S/C10H11N5O2/c16-9(12-8-1-6-17-13-8)7-15-5-4-14-3-2-11-10(14)15/h1-3,6H,4-5,7H2,(H,12,13,16). The van der Waals surface area contributed by atoms with Gasteiger partial charge in [-0.2, -0.15) is 0 Å². The van der Waals surface area contributed by atoms with Crippen molar-refractivity contribution < 1.29 is 9.32 Å². The molecule has 0 saturated heterocycles. The second-order valence-electron chi connectivity index (χ2n) is 3.78. The predicted molar refractivity (Wildman–Crippen MR) is 59.6 cm³/mol. The Balaban J connectivity index is 1.63. The second kappa shape index (κ2) is 3.93. The van der Waals surface area contributed by atoms with Gasteiger partial charge in [0.15, 0.2) is 5.82 Å². The molecule has 1 aliphatic heterocycles. The van der Waals surface area contributed by atoms with E-state index in [1.54, 1.807) is 12.3 Å². The van der Waals surface area contributed by atoms with E-state index < -0.39 is 0 Å². The number of carbonyl (C=O) groups excluding carboxylic acids is 1. The third-order valence-electron chi connectivity index (χ3n) is 2.63. The number of rotatable bonds is 3. The number of hydrogen-bond donors (Lipinski definition) is 1. The van der Waals surface area contributed by atoms with Gasteiger partial charge in [0, 0.05) is 31.5 Å². The molecule has 0 aliphatic carbocycles. The molecular weight excluding hydrogens is 222 g/mol. The second-order valence-corrected chi connectivity index (χ2v) is 3.78. The van der Waals surface area contributed by atoms with Crippen molar-refractivity contribution >= 4 is 17.7 Å². The Kier molecular flexibility index (Phi) is 2.28. The maximum atomic E-state index is 11.7. The zero-order valence-corrected chi connectivity index (χ0v) is 9.04. The normalized spacial score (nSPS) is 13.8. The van der Waals surface area contributed by atoms with E-state index in [-0.39, 0.29) is 12.5 Å². The van der Waals surface area contributed by atoms with Crippen molar-refractivity contribution in [3.63, 3.8) is 0 Å². The van der Waals surface area contributed by atoms with Gasteiger partial charge in [0.1, 0.15) is 12.8 Å². The summed E-state index contributed by atoms with van der Waals surface area (Å²) in [5, 5.41) is 6.27. The topological polar surface area (TPSA) is 76.2 Å². The van der Waals surface area contributed by atoms with Gasteiger partial charge in [-0.25, -0.2) is 4.98 Å². The maximum Gasteiger partial charge on any atom is 0.245 e.